The molecule has 5 heteroatoms. The second-order valence-corrected chi connectivity index (χ2v) is 4.91. The van der Waals surface area contributed by atoms with E-state index in [0.717, 1.165) is 12.8 Å². The molecule has 4 nitrogen and oxygen atoms in total. The first-order valence-corrected chi connectivity index (χ1v) is 6.15. The summed E-state index contributed by atoms with van der Waals surface area (Å²) in [7, 11) is -1.32. The summed E-state index contributed by atoms with van der Waals surface area (Å²) >= 11 is 0. The predicted molar refractivity (Wildman–Crippen MR) is 55.8 cm³/mol. The van der Waals surface area contributed by atoms with Crippen molar-refractivity contribution in [1.82, 2.24) is 0 Å². The number of aliphatic carboxylic acids is 1. The first-order valence-electron chi connectivity index (χ1n) is 4.77. The van der Waals surface area contributed by atoms with Gasteiger partial charge in [-0.15, -0.1) is 0 Å². The molecule has 0 bridgehead atoms. The third-order valence-corrected chi connectivity index (χ3v) is 3.37. The maximum absolute atomic E-state index is 11.3. The van der Waals surface area contributed by atoms with Crippen LogP contribution in [0.1, 0.15) is 26.7 Å². The number of carboxylic acids is 1. The lowest BCUT2D eigenvalue weighted by Crippen LogP contribution is -2.25. The molecular formula is C9H18O4S. The predicted octanol–water partition coefficient (Wildman–Crippen LogP) is 1.02. The van der Waals surface area contributed by atoms with E-state index in [4.69, 9.17) is 9.84 Å². The number of carboxylic acid groups (broad SMARTS) is 1. The van der Waals surface area contributed by atoms with E-state index < -0.39 is 22.0 Å². The van der Waals surface area contributed by atoms with Crippen molar-refractivity contribution in [2.24, 2.45) is 0 Å². The average molecular weight is 222 g/mol. The minimum atomic E-state index is -1.32. The molecule has 0 aromatic rings. The van der Waals surface area contributed by atoms with Gasteiger partial charge in [-0.2, -0.15) is 0 Å². The van der Waals surface area contributed by atoms with Crippen LogP contribution in [0.15, 0.2) is 0 Å². The van der Waals surface area contributed by atoms with Crippen LogP contribution in [0.3, 0.4) is 0 Å². The van der Waals surface area contributed by atoms with Crippen molar-refractivity contribution in [3.63, 3.8) is 0 Å². The first-order chi connectivity index (χ1) is 6.59. The van der Waals surface area contributed by atoms with Crippen LogP contribution in [-0.2, 0) is 20.3 Å². The molecule has 0 aromatic heterocycles. The van der Waals surface area contributed by atoms with Crippen molar-refractivity contribution < 1.29 is 18.8 Å². The Morgan fingerprint density at radius 1 is 1.50 bits per heavy atom. The number of hydrogen-bond acceptors (Lipinski definition) is 3. The number of ether oxygens (including phenoxy) is 1. The van der Waals surface area contributed by atoms with E-state index in [1.807, 2.05) is 0 Å². The molecule has 0 amide bonds. The van der Waals surface area contributed by atoms with Gasteiger partial charge < -0.3 is 9.84 Å². The van der Waals surface area contributed by atoms with Crippen LogP contribution < -0.4 is 0 Å². The van der Waals surface area contributed by atoms with Crippen molar-refractivity contribution in [2.75, 3.05) is 19.0 Å². The van der Waals surface area contributed by atoms with Crippen LogP contribution in [-0.4, -0.2) is 39.5 Å². The second kappa shape index (κ2) is 7.94. The van der Waals surface area contributed by atoms with E-state index in [2.05, 4.69) is 6.92 Å². The Kier molecular flexibility index (Phi) is 7.70. The summed E-state index contributed by atoms with van der Waals surface area (Å²) in [5.74, 6) is -0.714. The normalized spacial score (nSPS) is 15.0. The van der Waals surface area contributed by atoms with Gasteiger partial charge in [-0.1, -0.05) is 13.3 Å². The Balaban J connectivity index is 3.49. The highest BCUT2D eigenvalue weighted by atomic mass is 32.2. The van der Waals surface area contributed by atoms with Gasteiger partial charge in [0.2, 0.25) is 0 Å². The molecule has 0 saturated heterocycles. The van der Waals surface area contributed by atoms with Gasteiger partial charge in [-0.05, 0) is 13.3 Å². The molecule has 0 aromatic carbocycles. The Bertz CT molecular complexity index is 193. The van der Waals surface area contributed by atoms with E-state index in [1.165, 1.54) is 6.92 Å². The Morgan fingerprint density at radius 3 is 2.64 bits per heavy atom. The Labute approximate surface area is 87.1 Å². The monoisotopic (exact) mass is 222 g/mol. The molecule has 1 N–H and O–H groups in total. The SMILES string of the molecule is CCCCOCCS(=O)C(C)C(=O)O. The quantitative estimate of drug-likeness (QED) is 0.623. The van der Waals surface area contributed by atoms with Crippen molar-refractivity contribution in [3.8, 4) is 0 Å². The molecule has 84 valence electrons. The minimum Gasteiger partial charge on any atom is -0.480 e. The van der Waals surface area contributed by atoms with Gasteiger partial charge in [0.15, 0.2) is 0 Å². The summed E-state index contributed by atoms with van der Waals surface area (Å²) in [6.45, 7) is 4.55. The van der Waals surface area contributed by atoms with Crippen LogP contribution in [0.2, 0.25) is 0 Å². The summed E-state index contributed by atoms with van der Waals surface area (Å²) in [5.41, 5.74) is 0. The molecule has 0 fully saturated rings. The molecule has 14 heavy (non-hydrogen) atoms. The van der Waals surface area contributed by atoms with E-state index >= 15 is 0 Å². The van der Waals surface area contributed by atoms with E-state index in [0.29, 0.717) is 19.0 Å². The second-order valence-electron chi connectivity index (χ2n) is 3.03. The number of unbranched alkanes of at least 4 members (excludes halogenated alkanes) is 1. The van der Waals surface area contributed by atoms with Gasteiger partial charge in [0.1, 0.15) is 5.25 Å². The van der Waals surface area contributed by atoms with Gasteiger partial charge in [-0.3, -0.25) is 9.00 Å². The summed E-state index contributed by atoms with van der Waals surface area (Å²) in [6, 6.07) is 0. The lowest BCUT2D eigenvalue weighted by molar-refractivity contribution is -0.136. The highest BCUT2D eigenvalue weighted by molar-refractivity contribution is 7.86. The Morgan fingerprint density at radius 2 is 2.14 bits per heavy atom. The molecule has 0 rings (SSSR count). The fraction of sp³-hybridized carbons (Fsp3) is 0.889. The lowest BCUT2D eigenvalue weighted by Gasteiger charge is -2.06. The molecule has 2 unspecified atom stereocenters. The summed E-state index contributed by atoms with van der Waals surface area (Å²) in [5, 5.41) is 7.76. The summed E-state index contributed by atoms with van der Waals surface area (Å²) in [6.07, 6.45) is 2.05. The van der Waals surface area contributed by atoms with Crippen molar-refractivity contribution >= 4 is 16.8 Å². The van der Waals surface area contributed by atoms with E-state index in [1.54, 1.807) is 0 Å². The Hall–Kier alpha value is -0.420. The maximum atomic E-state index is 11.3. The van der Waals surface area contributed by atoms with Crippen LogP contribution in [0.25, 0.3) is 0 Å². The van der Waals surface area contributed by atoms with Crippen LogP contribution in [0, 0.1) is 0 Å². The lowest BCUT2D eigenvalue weighted by atomic mass is 10.4. The smallest absolute Gasteiger partial charge is 0.318 e. The molecule has 2 atom stereocenters. The third-order valence-electron chi connectivity index (χ3n) is 1.81. The van der Waals surface area contributed by atoms with Crippen molar-refractivity contribution in [1.29, 1.82) is 0 Å². The molecule has 0 radical (unpaired) electrons. The number of hydrogen-bond donors (Lipinski definition) is 1. The van der Waals surface area contributed by atoms with Gasteiger partial charge in [0.05, 0.1) is 6.61 Å². The van der Waals surface area contributed by atoms with Crippen molar-refractivity contribution in [3.05, 3.63) is 0 Å². The third kappa shape index (κ3) is 6.10. The zero-order chi connectivity index (χ0) is 11.0. The molecule has 0 spiro atoms. The molecule has 0 aliphatic carbocycles. The largest absolute Gasteiger partial charge is 0.480 e. The molecule has 0 heterocycles. The van der Waals surface area contributed by atoms with E-state index in [-0.39, 0.29) is 0 Å². The van der Waals surface area contributed by atoms with Crippen LogP contribution in [0.4, 0.5) is 0 Å². The average Bonchev–Trinajstić information content (AvgIpc) is 2.16. The highest BCUT2D eigenvalue weighted by Gasteiger charge is 2.17. The number of carbonyl (C=O) groups is 1. The fourth-order valence-electron chi connectivity index (χ4n) is 0.779. The first kappa shape index (κ1) is 13.6. The van der Waals surface area contributed by atoms with Crippen LogP contribution in [0.5, 0.6) is 0 Å². The molecule has 0 saturated carbocycles. The molecule has 0 aliphatic rings. The summed E-state index contributed by atoms with van der Waals surface area (Å²) < 4.78 is 16.5. The maximum Gasteiger partial charge on any atom is 0.318 e. The van der Waals surface area contributed by atoms with Gasteiger partial charge in [-0.25, -0.2) is 0 Å². The molecule has 0 aliphatic heterocycles. The summed E-state index contributed by atoms with van der Waals surface area (Å²) in [4.78, 5) is 10.4. The van der Waals surface area contributed by atoms with Crippen LogP contribution >= 0.6 is 0 Å². The van der Waals surface area contributed by atoms with E-state index in [9.17, 15) is 9.00 Å². The highest BCUT2D eigenvalue weighted by Crippen LogP contribution is 1.97. The van der Waals surface area contributed by atoms with Gasteiger partial charge in [0, 0.05) is 23.2 Å². The topological polar surface area (TPSA) is 63.6 Å². The minimum absolute atomic E-state index is 0.303. The zero-order valence-electron chi connectivity index (χ0n) is 8.69. The van der Waals surface area contributed by atoms with Crippen molar-refractivity contribution in [2.45, 2.75) is 31.9 Å². The molecular weight excluding hydrogens is 204 g/mol. The fourth-order valence-corrected chi connectivity index (χ4v) is 1.64. The zero-order valence-corrected chi connectivity index (χ0v) is 9.51. The van der Waals surface area contributed by atoms with Gasteiger partial charge >= 0.3 is 5.97 Å². The standard InChI is InChI=1S/C9H18O4S/c1-3-4-5-13-6-7-14(12)8(2)9(10)11/h8H,3-7H2,1-2H3,(H,10,11). The van der Waals surface area contributed by atoms with Gasteiger partial charge in [0.25, 0.3) is 0 Å². The number of rotatable bonds is 8.